The molecule has 2 aliphatic rings. The lowest BCUT2D eigenvalue weighted by atomic mass is 10.1. The minimum atomic E-state index is -0.262. The van der Waals surface area contributed by atoms with Crippen LogP contribution in [0.15, 0.2) is 36.8 Å². The van der Waals surface area contributed by atoms with Gasteiger partial charge in [0, 0.05) is 42.0 Å². The van der Waals surface area contributed by atoms with Crippen LogP contribution in [0.4, 0.5) is 11.6 Å². The molecule has 0 bridgehead atoms. The standard InChI is InChI=1S/C20H18N6O2/c1-9-2-3-22-6-11(9)14-4-10-5-15(23-7-12(10)18(21)25-14)26-20(28)17-13-8-24-19(27)16(13)17/h2-7,13,16-17H,8H2,1H3,(H2,21,25)(H,24,27)(H,23,26,28)/t13-,16?,17+/m0/s1. The van der Waals surface area contributed by atoms with Gasteiger partial charge >= 0.3 is 0 Å². The van der Waals surface area contributed by atoms with E-state index in [4.69, 9.17) is 5.73 Å². The third-order valence-corrected chi connectivity index (χ3v) is 5.60. The van der Waals surface area contributed by atoms with Crippen molar-refractivity contribution in [2.24, 2.45) is 17.8 Å². The molecule has 3 aromatic rings. The molecule has 140 valence electrons. The molecule has 3 aromatic heterocycles. The number of carbonyl (C=O) groups excluding carboxylic acids is 2. The number of nitrogen functional groups attached to an aromatic ring is 1. The van der Waals surface area contributed by atoms with Crippen molar-refractivity contribution in [2.75, 3.05) is 17.6 Å². The zero-order chi connectivity index (χ0) is 19.4. The van der Waals surface area contributed by atoms with E-state index < -0.39 is 0 Å². The van der Waals surface area contributed by atoms with Gasteiger partial charge in [0.2, 0.25) is 11.8 Å². The van der Waals surface area contributed by atoms with Gasteiger partial charge in [0.05, 0.1) is 17.5 Å². The highest BCUT2D eigenvalue weighted by molar-refractivity contribution is 6.02. The summed E-state index contributed by atoms with van der Waals surface area (Å²) in [4.78, 5) is 37.1. The summed E-state index contributed by atoms with van der Waals surface area (Å²) in [6.45, 7) is 2.56. The molecule has 4 heterocycles. The van der Waals surface area contributed by atoms with E-state index >= 15 is 0 Å². The van der Waals surface area contributed by atoms with Crippen molar-refractivity contribution in [1.29, 1.82) is 0 Å². The predicted octanol–water partition coefficient (Wildman–Crippen LogP) is 1.51. The fourth-order valence-electron chi connectivity index (χ4n) is 4.00. The Morgan fingerprint density at radius 1 is 1.32 bits per heavy atom. The second-order valence-electron chi connectivity index (χ2n) is 7.32. The zero-order valence-corrected chi connectivity index (χ0v) is 15.1. The fourth-order valence-corrected chi connectivity index (χ4v) is 4.00. The molecule has 3 atom stereocenters. The second kappa shape index (κ2) is 5.98. The van der Waals surface area contributed by atoms with E-state index in [-0.39, 0.29) is 29.6 Å². The Morgan fingerprint density at radius 2 is 2.18 bits per heavy atom. The number of hydrogen-bond acceptors (Lipinski definition) is 6. The molecule has 1 saturated heterocycles. The van der Waals surface area contributed by atoms with Crippen LogP contribution in [0.3, 0.4) is 0 Å². The largest absolute Gasteiger partial charge is 0.383 e. The summed E-state index contributed by atoms with van der Waals surface area (Å²) in [6, 6.07) is 5.60. The first kappa shape index (κ1) is 16.6. The summed E-state index contributed by atoms with van der Waals surface area (Å²) >= 11 is 0. The van der Waals surface area contributed by atoms with Gasteiger partial charge in [-0.25, -0.2) is 9.97 Å². The van der Waals surface area contributed by atoms with Gasteiger partial charge in [0.15, 0.2) is 0 Å². The molecule has 5 rings (SSSR count). The maximum atomic E-state index is 12.5. The van der Waals surface area contributed by atoms with Crippen LogP contribution in [0.25, 0.3) is 22.0 Å². The lowest BCUT2D eigenvalue weighted by Crippen LogP contribution is -2.27. The second-order valence-corrected chi connectivity index (χ2v) is 7.32. The highest BCUT2D eigenvalue weighted by atomic mass is 16.2. The maximum Gasteiger partial charge on any atom is 0.229 e. The molecular weight excluding hydrogens is 356 g/mol. The third kappa shape index (κ3) is 2.57. The van der Waals surface area contributed by atoms with Gasteiger partial charge in [0.25, 0.3) is 0 Å². The lowest BCUT2D eigenvalue weighted by molar-refractivity contribution is -0.124. The quantitative estimate of drug-likeness (QED) is 0.639. The molecule has 1 aliphatic carbocycles. The Balaban J connectivity index is 1.46. The monoisotopic (exact) mass is 374 g/mol. The average Bonchev–Trinajstić information content (AvgIpc) is 3.30. The number of amides is 2. The van der Waals surface area contributed by atoms with Crippen LogP contribution in [-0.4, -0.2) is 33.3 Å². The Morgan fingerprint density at radius 3 is 2.93 bits per heavy atom. The van der Waals surface area contributed by atoms with Crippen LogP contribution in [0.5, 0.6) is 0 Å². The molecule has 8 nitrogen and oxygen atoms in total. The van der Waals surface area contributed by atoms with Gasteiger partial charge in [-0.3, -0.25) is 14.6 Å². The first-order valence-electron chi connectivity index (χ1n) is 9.09. The zero-order valence-electron chi connectivity index (χ0n) is 15.1. The van der Waals surface area contributed by atoms with Crippen molar-refractivity contribution in [3.63, 3.8) is 0 Å². The SMILES string of the molecule is Cc1ccncc1-c1cc2cc(NC(=O)[C@H]3C4C(=O)NC[C@@H]43)ncc2c(N)n1. The number of pyridine rings is 3. The third-order valence-electron chi connectivity index (χ3n) is 5.60. The molecular formula is C20H18N6O2. The first-order valence-corrected chi connectivity index (χ1v) is 9.09. The smallest absolute Gasteiger partial charge is 0.229 e. The first-order chi connectivity index (χ1) is 13.5. The van der Waals surface area contributed by atoms with Crippen molar-refractivity contribution in [3.05, 3.63) is 42.4 Å². The van der Waals surface area contributed by atoms with E-state index in [9.17, 15) is 9.59 Å². The Labute approximate surface area is 160 Å². The van der Waals surface area contributed by atoms with E-state index in [1.54, 1.807) is 24.7 Å². The van der Waals surface area contributed by atoms with Crippen LogP contribution < -0.4 is 16.4 Å². The number of carbonyl (C=O) groups is 2. The molecule has 1 saturated carbocycles. The van der Waals surface area contributed by atoms with Crippen LogP contribution >= 0.6 is 0 Å². The number of nitrogens with zero attached hydrogens (tertiary/aromatic N) is 3. The molecule has 28 heavy (non-hydrogen) atoms. The summed E-state index contributed by atoms with van der Waals surface area (Å²) in [5, 5.41) is 7.13. The Kier molecular flexibility index (Phi) is 3.55. The number of nitrogens with two attached hydrogens (primary N) is 1. The van der Waals surface area contributed by atoms with E-state index in [2.05, 4.69) is 25.6 Å². The number of aryl methyl sites for hydroxylation is 1. The van der Waals surface area contributed by atoms with E-state index in [1.807, 2.05) is 19.1 Å². The lowest BCUT2D eigenvalue weighted by Gasteiger charge is -2.10. The molecule has 8 heteroatoms. The number of nitrogens with one attached hydrogen (secondary N) is 2. The van der Waals surface area contributed by atoms with Gasteiger partial charge in [-0.15, -0.1) is 0 Å². The van der Waals surface area contributed by atoms with E-state index in [0.29, 0.717) is 29.3 Å². The highest BCUT2D eigenvalue weighted by Crippen LogP contribution is 2.49. The average molecular weight is 374 g/mol. The van der Waals surface area contributed by atoms with Gasteiger partial charge in [0.1, 0.15) is 11.6 Å². The van der Waals surface area contributed by atoms with Gasteiger partial charge in [-0.05, 0) is 36.1 Å². The van der Waals surface area contributed by atoms with Crippen LogP contribution in [0.1, 0.15) is 5.56 Å². The normalized spacial score (nSPS) is 22.6. The van der Waals surface area contributed by atoms with Crippen LogP contribution in [-0.2, 0) is 9.59 Å². The summed E-state index contributed by atoms with van der Waals surface area (Å²) in [5.74, 6) is 0.252. The molecule has 2 amide bonds. The molecule has 0 radical (unpaired) electrons. The highest BCUT2D eigenvalue weighted by Gasteiger charge is 2.62. The van der Waals surface area contributed by atoms with E-state index in [0.717, 1.165) is 16.5 Å². The number of rotatable bonds is 3. The maximum absolute atomic E-state index is 12.5. The molecule has 0 spiro atoms. The summed E-state index contributed by atoms with van der Waals surface area (Å²) in [6.07, 6.45) is 5.09. The van der Waals surface area contributed by atoms with Crippen molar-refractivity contribution in [2.45, 2.75) is 6.92 Å². The van der Waals surface area contributed by atoms with Crippen molar-refractivity contribution < 1.29 is 9.59 Å². The number of hydrogen-bond donors (Lipinski definition) is 3. The molecule has 0 aromatic carbocycles. The Hall–Kier alpha value is -3.55. The Bertz CT molecular complexity index is 1140. The number of anilines is 2. The minimum absolute atomic E-state index is 0.0352. The fraction of sp³-hybridized carbons (Fsp3) is 0.250. The number of fused-ring (bicyclic) bond motifs is 2. The molecule has 1 unspecified atom stereocenters. The predicted molar refractivity (Wildman–Crippen MR) is 104 cm³/mol. The van der Waals surface area contributed by atoms with Gasteiger partial charge in [-0.1, -0.05) is 0 Å². The molecule has 4 N–H and O–H groups in total. The summed E-state index contributed by atoms with van der Waals surface area (Å²) < 4.78 is 0. The summed E-state index contributed by atoms with van der Waals surface area (Å²) in [5.41, 5.74) is 8.79. The van der Waals surface area contributed by atoms with Gasteiger partial charge in [-0.2, -0.15) is 0 Å². The van der Waals surface area contributed by atoms with Crippen LogP contribution in [0.2, 0.25) is 0 Å². The van der Waals surface area contributed by atoms with Crippen molar-refractivity contribution in [3.8, 4) is 11.3 Å². The van der Waals surface area contributed by atoms with Gasteiger partial charge < -0.3 is 16.4 Å². The topological polar surface area (TPSA) is 123 Å². The minimum Gasteiger partial charge on any atom is -0.383 e. The number of piperidine rings is 1. The molecule has 2 fully saturated rings. The van der Waals surface area contributed by atoms with E-state index in [1.165, 1.54) is 0 Å². The van der Waals surface area contributed by atoms with Crippen molar-refractivity contribution >= 4 is 34.2 Å². The summed E-state index contributed by atoms with van der Waals surface area (Å²) in [7, 11) is 0. The molecule has 1 aliphatic heterocycles. The number of aromatic nitrogens is 3. The van der Waals surface area contributed by atoms with Crippen LogP contribution in [0, 0.1) is 24.7 Å². The van der Waals surface area contributed by atoms with Crippen molar-refractivity contribution in [1.82, 2.24) is 20.3 Å².